The predicted octanol–water partition coefficient (Wildman–Crippen LogP) is 5.02. The monoisotopic (exact) mass is 391 g/mol. The van der Waals surface area contributed by atoms with Crippen LogP contribution in [0.25, 0.3) is 6.08 Å². The first-order chi connectivity index (χ1) is 13.1. The first-order valence-corrected chi connectivity index (χ1v) is 8.57. The largest absolute Gasteiger partial charge is 0.452 e. The molecule has 0 radical (unpaired) electrons. The molecule has 1 N–H and O–H groups in total. The fourth-order valence-corrected chi connectivity index (χ4v) is 2.32. The van der Waals surface area contributed by atoms with Gasteiger partial charge in [0.1, 0.15) is 0 Å². The molecule has 0 aliphatic carbocycles. The van der Waals surface area contributed by atoms with Crippen LogP contribution in [0.3, 0.4) is 0 Å². The molecule has 0 saturated carbocycles. The zero-order valence-electron chi connectivity index (χ0n) is 15.4. The molecule has 28 heavy (non-hydrogen) atoms. The van der Waals surface area contributed by atoms with Crippen molar-refractivity contribution in [2.45, 2.75) is 25.9 Å². The minimum absolute atomic E-state index is 0.196. The Labute approximate surface area is 161 Å². The number of anilines is 1. The van der Waals surface area contributed by atoms with Crippen LogP contribution in [-0.4, -0.2) is 18.5 Å². The Morgan fingerprint density at radius 1 is 1.11 bits per heavy atom. The number of halogens is 3. The predicted molar refractivity (Wildman–Crippen MR) is 101 cm³/mol. The number of nitrogens with one attached hydrogen (secondary N) is 1. The van der Waals surface area contributed by atoms with Crippen molar-refractivity contribution in [1.82, 2.24) is 0 Å². The van der Waals surface area contributed by atoms with Crippen LogP contribution in [0.5, 0.6) is 0 Å². The molecule has 0 spiro atoms. The van der Waals surface area contributed by atoms with Crippen molar-refractivity contribution in [3.63, 3.8) is 0 Å². The number of hydrogen-bond acceptors (Lipinski definition) is 3. The standard InChI is InChI=1S/C21H20F3NO3/c1-14(2)16-7-9-18(10-8-16)25-19(26)13-28-20(27)11-6-15-4-3-5-17(12-15)21(22,23)24/h3-12,14H,13H2,1-2H3,(H,25,26)/b11-6+. The van der Waals surface area contributed by atoms with Crippen LogP contribution >= 0.6 is 0 Å². The number of amides is 1. The maximum Gasteiger partial charge on any atom is 0.416 e. The molecule has 0 aromatic heterocycles. The van der Waals surface area contributed by atoms with Crippen LogP contribution < -0.4 is 5.32 Å². The van der Waals surface area contributed by atoms with Gasteiger partial charge in [0.05, 0.1) is 5.56 Å². The van der Waals surface area contributed by atoms with Crippen molar-refractivity contribution < 1.29 is 27.5 Å². The lowest BCUT2D eigenvalue weighted by molar-refractivity contribution is -0.142. The molecule has 1 amide bonds. The first kappa shape index (κ1) is 21.2. The molecule has 2 aromatic carbocycles. The lowest BCUT2D eigenvalue weighted by Gasteiger charge is -2.08. The van der Waals surface area contributed by atoms with Gasteiger partial charge in [0.2, 0.25) is 0 Å². The van der Waals surface area contributed by atoms with E-state index in [1.54, 1.807) is 12.1 Å². The van der Waals surface area contributed by atoms with Crippen molar-refractivity contribution in [3.8, 4) is 0 Å². The minimum atomic E-state index is -4.46. The third-order valence-electron chi connectivity index (χ3n) is 3.83. The number of carbonyl (C=O) groups is 2. The molecular formula is C21H20F3NO3. The normalized spacial score (nSPS) is 11.6. The van der Waals surface area contributed by atoms with Crippen LogP contribution in [-0.2, 0) is 20.5 Å². The van der Waals surface area contributed by atoms with Gasteiger partial charge < -0.3 is 10.1 Å². The summed E-state index contributed by atoms with van der Waals surface area (Å²) in [6.07, 6.45) is -2.30. The van der Waals surface area contributed by atoms with Gasteiger partial charge in [0, 0.05) is 11.8 Å². The van der Waals surface area contributed by atoms with Crippen LogP contribution in [0.4, 0.5) is 18.9 Å². The summed E-state index contributed by atoms with van der Waals surface area (Å²) < 4.78 is 42.8. The highest BCUT2D eigenvalue weighted by atomic mass is 19.4. The number of carbonyl (C=O) groups excluding carboxylic acids is 2. The molecular weight excluding hydrogens is 371 g/mol. The second-order valence-corrected chi connectivity index (χ2v) is 6.39. The molecule has 0 saturated heterocycles. The van der Waals surface area contributed by atoms with E-state index in [0.717, 1.165) is 23.8 Å². The Morgan fingerprint density at radius 3 is 2.39 bits per heavy atom. The Bertz CT molecular complexity index is 856. The van der Waals surface area contributed by atoms with Gasteiger partial charge >= 0.3 is 12.1 Å². The molecule has 2 rings (SSSR count). The van der Waals surface area contributed by atoms with Gasteiger partial charge in [-0.3, -0.25) is 4.79 Å². The van der Waals surface area contributed by atoms with Crippen molar-refractivity contribution in [2.75, 3.05) is 11.9 Å². The molecule has 7 heteroatoms. The maximum absolute atomic E-state index is 12.7. The summed E-state index contributed by atoms with van der Waals surface area (Å²) in [6, 6.07) is 11.8. The van der Waals surface area contributed by atoms with E-state index in [2.05, 4.69) is 19.2 Å². The van der Waals surface area contributed by atoms with E-state index in [1.807, 2.05) is 12.1 Å². The van der Waals surface area contributed by atoms with Crippen LogP contribution in [0, 0.1) is 0 Å². The lowest BCUT2D eigenvalue weighted by atomic mass is 10.0. The van der Waals surface area contributed by atoms with E-state index in [0.29, 0.717) is 11.6 Å². The van der Waals surface area contributed by atoms with E-state index >= 15 is 0 Å². The molecule has 148 valence electrons. The molecule has 0 unspecified atom stereocenters. The Kier molecular flexibility index (Phi) is 6.98. The van der Waals surface area contributed by atoms with Gasteiger partial charge in [-0.15, -0.1) is 0 Å². The van der Waals surface area contributed by atoms with Crippen LogP contribution in [0.1, 0.15) is 36.5 Å². The molecule has 0 aliphatic heterocycles. The number of hydrogen-bond donors (Lipinski definition) is 1. The number of esters is 1. The molecule has 4 nitrogen and oxygen atoms in total. The van der Waals surface area contributed by atoms with Gasteiger partial charge in [-0.05, 0) is 47.4 Å². The van der Waals surface area contributed by atoms with E-state index in [-0.39, 0.29) is 5.56 Å². The highest BCUT2D eigenvalue weighted by Crippen LogP contribution is 2.29. The highest BCUT2D eigenvalue weighted by Gasteiger charge is 2.30. The van der Waals surface area contributed by atoms with Gasteiger partial charge in [0.15, 0.2) is 6.61 Å². The van der Waals surface area contributed by atoms with Crippen molar-refractivity contribution in [2.24, 2.45) is 0 Å². The highest BCUT2D eigenvalue weighted by molar-refractivity contribution is 5.94. The number of ether oxygens (including phenoxy) is 1. The number of alkyl halides is 3. The quantitative estimate of drug-likeness (QED) is 0.555. The third-order valence-corrected chi connectivity index (χ3v) is 3.83. The summed E-state index contributed by atoms with van der Waals surface area (Å²) >= 11 is 0. The smallest absolute Gasteiger partial charge is 0.416 e. The zero-order valence-corrected chi connectivity index (χ0v) is 15.4. The first-order valence-electron chi connectivity index (χ1n) is 8.57. The van der Waals surface area contributed by atoms with E-state index in [9.17, 15) is 22.8 Å². The second-order valence-electron chi connectivity index (χ2n) is 6.39. The molecule has 2 aromatic rings. The van der Waals surface area contributed by atoms with Gasteiger partial charge in [0.25, 0.3) is 5.91 Å². The Hall–Kier alpha value is -3.09. The number of rotatable bonds is 6. The van der Waals surface area contributed by atoms with Crippen molar-refractivity contribution in [3.05, 3.63) is 71.3 Å². The fourth-order valence-electron chi connectivity index (χ4n) is 2.32. The average Bonchev–Trinajstić information content (AvgIpc) is 2.64. The van der Waals surface area contributed by atoms with E-state index in [1.165, 1.54) is 18.2 Å². The summed E-state index contributed by atoms with van der Waals surface area (Å²) in [4.78, 5) is 23.5. The van der Waals surface area contributed by atoms with Gasteiger partial charge in [-0.2, -0.15) is 13.2 Å². The second kappa shape index (κ2) is 9.21. The Balaban J connectivity index is 1.85. The summed E-state index contributed by atoms with van der Waals surface area (Å²) in [5.74, 6) is -0.977. The zero-order chi connectivity index (χ0) is 20.7. The van der Waals surface area contributed by atoms with Gasteiger partial charge in [-0.1, -0.05) is 38.1 Å². The van der Waals surface area contributed by atoms with Crippen molar-refractivity contribution in [1.29, 1.82) is 0 Å². The molecule has 0 heterocycles. The average molecular weight is 391 g/mol. The van der Waals surface area contributed by atoms with E-state index in [4.69, 9.17) is 4.74 Å². The van der Waals surface area contributed by atoms with Crippen LogP contribution in [0.15, 0.2) is 54.6 Å². The minimum Gasteiger partial charge on any atom is -0.452 e. The maximum atomic E-state index is 12.7. The lowest BCUT2D eigenvalue weighted by Crippen LogP contribution is -2.20. The molecule has 0 fully saturated rings. The fraction of sp³-hybridized carbons (Fsp3) is 0.238. The van der Waals surface area contributed by atoms with E-state index < -0.39 is 30.2 Å². The topological polar surface area (TPSA) is 55.4 Å². The third kappa shape index (κ3) is 6.57. The van der Waals surface area contributed by atoms with Crippen LogP contribution in [0.2, 0.25) is 0 Å². The summed E-state index contributed by atoms with van der Waals surface area (Å²) in [5.41, 5.74) is 1.08. The summed E-state index contributed by atoms with van der Waals surface area (Å²) in [7, 11) is 0. The molecule has 0 bridgehead atoms. The Morgan fingerprint density at radius 2 is 1.79 bits per heavy atom. The van der Waals surface area contributed by atoms with Gasteiger partial charge in [-0.25, -0.2) is 4.79 Å². The SMILES string of the molecule is CC(C)c1ccc(NC(=O)COC(=O)/C=C/c2cccc(C(F)(F)F)c2)cc1. The molecule has 0 aliphatic rings. The number of benzene rings is 2. The molecule has 0 atom stereocenters. The summed E-state index contributed by atoms with van der Waals surface area (Å²) in [5, 5.41) is 2.60. The summed E-state index contributed by atoms with van der Waals surface area (Å²) in [6.45, 7) is 3.61. The van der Waals surface area contributed by atoms with Crippen molar-refractivity contribution >= 4 is 23.6 Å².